The van der Waals surface area contributed by atoms with Gasteiger partial charge < -0.3 is 15.0 Å². The average Bonchev–Trinajstić information content (AvgIpc) is 2.62. The highest BCUT2D eigenvalue weighted by atomic mass is 16.5. The summed E-state index contributed by atoms with van der Waals surface area (Å²) in [4.78, 5) is 14.6. The molecule has 1 aliphatic rings. The molecule has 0 aromatic heterocycles. The maximum atomic E-state index is 12.3. The van der Waals surface area contributed by atoms with Crippen molar-refractivity contribution in [2.75, 3.05) is 30.4 Å². The third-order valence-electron chi connectivity index (χ3n) is 4.48. The zero-order chi connectivity index (χ0) is 16.9. The summed E-state index contributed by atoms with van der Waals surface area (Å²) in [6.45, 7) is 3.96. The van der Waals surface area contributed by atoms with Crippen LogP contribution >= 0.6 is 0 Å². The molecule has 126 valence electrons. The van der Waals surface area contributed by atoms with Crippen LogP contribution in [0.4, 0.5) is 11.4 Å². The molecule has 1 aliphatic heterocycles. The smallest absolute Gasteiger partial charge is 0.255 e. The van der Waals surface area contributed by atoms with Crippen molar-refractivity contribution in [3.05, 3.63) is 59.7 Å². The van der Waals surface area contributed by atoms with Gasteiger partial charge in [0.05, 0.1) is 6.10 Å². The van der Waals surface area contributed by atoms with E-state index in [1.54, 1.807) is 7.11 Å². The van der Waals surface area contributed by atoms with Crippen LogP contribution in [0, 0.1) is 6.92 Å². The number of nitrogens with zero attached hydrogens (tertiary/aromatic N) is 1. The number of rotatable bonds is 4. The highest BCUT2D eigenvalue weighted by Crippen LogP contribution is 2.23. The van der Waals surface area contributed by atoms with Crippen molar-refractivity contribution in [2.45, 2.75) is 25.9 Å². The molecular formula is C20H24N2O2. The summed E-state index contributed by atoms with van der Waals surface area (Å²) < 4.78 is 5.48. The fraction of sp³-hybridized carbons (Fsp3) is 0.350. The normalized spacial score (nSPS) is 17.6. The van der Waals surface area contributed by atoms with Crippen LogP contribution < -0.4 is 10.2 Å². The SMILES string of the molecule is COC1CCCN(c2ccc(NC(=O)c3cccc(C)c3)cc2)C1. The molecule has 24 heavy (non-hydrogen) atoms. The number of hydrogen-bond acceptors (Lipinski definition) is 3. The summed E-state index contributed by atoms with van der Waals surface area (Å²) in [6, 6.07) is 15.6. The number of methoxy groups -OCH3 is 1. The second-order valence-electron chi connectivity index (χ2n) is 6.32. The number of carbonyl (C=O) groups is 1. The van der Waals surface area contributed by atoms with E-state index >= 15 is 0 Å². The third kappa shape index (κ3) is 3.95. The van der Waals surface area contributed by atoms with E-state index in [0.717, 1.165) is 37.2 Å². The number of hydrogen-bond donors (Lipinski definition) is 1. The molecule has 1 saturated heterocycles. The standard InChI is InChI=1S/C20H24N2O2/c1-15-5-3-6-16(13-15)20(23)21-17-8-10-18(11-9-17)22-12-4-7-19(14-22)24-2/h3,5-6,8-11,13,19H,4,7,12,14H2,1-2H3,(H,21,23). The summed E-state index contributed by atoms with van der Waals surface area (Å²) in [5.74, 6) is -0.0798. The Morgan fingerprint density at radius 1 is 1.21 bits per heavy atom. The van der Waals surface area contributed by atoms with Crippen molar-refractivity contribution in [1.82, 2.24) is 0 Å². The van der Waals surface area contributed by atoms with Crippen molar-refractivity contribution >= 4 is 17.3 Å². The van der Waals surface area contributed by atoms with Gasteiger partial charge in [-0.05, 0) is 56.2 Å². The van der Waals surface area contributed by atoms with Crippen LogP contribution in [0.5, 0.6) is 0 Å². The Hall–Kier alpha value is -2.33. The van der Waals surface area contributed by atoms with Gasteiger partial charge in [0, 0.05) is 37.1 Å². The molecular weight excluding hydrogens is 300 g/mol. The summed E-state index contributed by atoms with van der Waals surface area (Å²) in [7, 11) is 1.78. The Labute approximate surface area is 143 Å². The average molecular weight is 324 g/mol. The molecule has 0 bridgehead atoms. The van der Waals surface area contributed by atoms with Gasteiger partial charge >= 0.3 is 0 Å². The summed E-state index contributed by atoms with van der Waals surface area (Å²) >= 11 is 0. The summed E-state index contributed by atoms with van der Waals surface area (Å²) in [5, 5.41) is 2.95. The molecule has 3 rings (SSSR count). The van der Waals surface area contributed by atoms with Crippen molar-refractivity contribution in [3.8, 4) is 0 Å². The van der Waals surface area contributed by atoms with Crippen LogP contribution in [0.2, 0.25) is 0 Å². The fourth-order valence-corrected chi connectivity index (χ4v) is 3.11. The molecule has 0 spiro atoms. The molecule has 1 heterocycles. The molecule has 0 radical (unpaired) electrons. The maximum Gasteiger partial charge on any atom is 0.255 e. The molecule has 1 amide bonds. The van der Waals surface area contributed by atoms with E-state index in [-0.39, 0.29) is 5.91 Å². The summed E-state index contributed by atoms with van der Waals surface area (Å²) in [5.41, 5.74) is 3.74. The van der Waals surface area contributed by atoms with Crippen molar-refractivity contribution in [3.63, 3.8) is 0 Å². The molecule has 2 aromatic carbocycles. The van der Waals surface area contributed by atoms with Gasteiger partial charge in [0.1, 0.15) is 0 Å². The zero-order valence-corrected chi connectivity index (χ0v) is 14.3. The molecule has 1 unspecified atom stereocenters. The van der Waals surface area contributed by atoms with Crippen LogP contribution in [0.3, 0.4) is 0 Å². The number of nitrogens with one attached hydrogen (secondary N) is 1. The van der Waals surface area contributed by atoms with Crippen molar-refractivity contribution in [1.29, 1.82) is 0 Å². The number of ether oxygens (including phenoxy) is 1. The van der Waals surface area contributed by atoms with Gasteiger partial charge in [0.25, 0.3) is 5.91 Å². The van der Waals surface area contributed by atoms with Crippen LogP contribution in [-0.4, -0.2) is 32.2 Å². The number of benzene rings is 2. The number of amides is 1. The third-order valence-corrected chi connectivity index (χ3v) is 4.48. The van der Waals surface area contributed by atoms with E-state index in [9.17, 15) is 4.79 Å². The van der Waals surface area contributed by atoms with Gasteiger partial charge in [-0.15, -0.1) is 0 Å². The van der Waals surface area contributed by atoms with Gasteiger partial charge in [0.15, 0.2) is 0 Å². The minimum Gasteiger partial charge on any atom is -0.380 e. The lowest BCUT2D eigenvalue weighted by molar-refractivity contribution is 0.0893. The van der Waals surface area contributed by atoms with Crippen molar-refractivity contribution in [2.24, 2.45) is 0 Å². The fourth-order valence-electron chi connectivity index (χ4n) is 3.11. The summed E-state index contributed by atoms with van der Waals surface area (Å²) in [6.07, 6.45) is 2.57. The molecule has 2 aromatic rings. The van der Waals surface area contributed by atoms with E-state index in [2.05, 4.69) is 22.3 Å². The van der Waals surface area contributed by atoms with Gasteiger partial charge in [-0.25, -0.2) is 0 Å². The first-order valence-electron chi connectivity index (χ1n) is 8.41. The zero-order valence-electron chi connectivity index (χ0n) is 14.3. The van der Waals surface area contributed by atoms with E-state index in [1.165, 1.54) is 5.69 Å². The van der Waals surface area contributed by atoms with Gasteiger partial charge in [-0.2, -0.15) is 0 Å². The topological polar surface area (TPSA) is 41.6 Å². The highest BCUT2D eigenvalue weighted by Gasteiger charge is 2.19. The molecule has 4 nitrogen and oxygen atoms in total. The lowest BCUT2D eigenvalue weighted by Crippen LogP contribution is -2.39. The Bertz CT molecular complexity index is 697. The van der Waals surface area contributed by atoms with Crippen LogP contribution in [0.1, 0.15) is 28.8 Å². The van der Waals surface area contributed by atoms with Crippen LogP contribution in [0.15, 0.2) is 48.5 Å². The Morgan fingerprint density at radius 2 is 2.00 bits per heavy atom. The van der Waals surface area contributed by atoms with Gasteiger partial charge in [0.2, 0.25) is 0 Å². The van der Waals surface area contributed by atoms with E-state index in [0.29, 0.717) is 11.7 Å². The lowest BCUT2D eigenvalue weighted by Gasteiger charge is -2.33. The number of piperidine rings is 1. The van der Waals surface area contributed by atoms with Gasteiger partial charge in [-0.3, -0.25) is 4.79 Å². The van der Waals surface area contributed by atoms with Crippen molar-refractivity contribution < 1.29 is 9.53 Å². The van der Waals surface area contributed by atoms with E-state index < -0.39 is 0 Å². The molecule has 1 fully saturated rings. The number of carbonyl (C=O) groups excluding carboxylic acids is 1. The molecule has 0 aliphatic carbocycles. The Kier molecular flexibility index (Phi) is 5.16. The van der Waals surface area contributed by atoms with Crippen LogP contribution in [-0.2, 0) is 4.74 Å². The Balaban J connectivity index is 1.65. The molecule has 1 atom stereocenters. The highest BCUT2D eigenvalue weighted by molar-refractivity contribution is 6.04. The minimum absolute atomic E-state index is 0.0798. The number of aryl methyl sites for hydroxylation is 1. The molecule has 0 saturated carbocycles. The van der Waals surface area contributed by atoms with Gasteiger partial charge in [-0.1, -0.05) is 17.7 Å². The first kappa shape index (κ1) is 16.5. The predicted octanol–water partition coefficient (Wildman–Crippen LogP) is 3.86. The van der Waals surface area contributed by atoms with Crippen LogP contribution in [0.25, 0.3) is 0 Å². The quantitative estimate of drug-likeness (QED) is 0.928. The lowest BCUT2D eigenvalue weighted by atomic mass is 10.1. The largest absolute Gasteiger partial charge is 0.380 e. The first-order chi connectivity index (χ1) is 11.7. The molecule has 4 heteroatoms. The second kappa shape index (κ2) is 7.49. The Morgan fingerprint density at radius 3 is 2.71 bits per heavy atom. The monoisotopic (exact) mass is 324 g/mol. The second-order valence-corrected chi connectivity index (χ2v) is 6.32. The van der Waals surface area contributed by atoms with E-state index in [1.807, 2.05) is 43.3 Å². The predicted molar refractivity (Wildman–Crippen MR) is 97.8 cm³/mol. The maximum absolute atomic E-state index is 12.3. The van der Waals surface area contributed by atoms with E-state index in [4.69, 9.17) is 4.74 Å². The number of anilines is 2. The minimum atomic E-state index is -0.0798. The first-order valence-corrected chi connectivity index (χ1v) is 8.41. The molecule has 1 N–H and O–H groups in total.